The van der Waals surface area contributed by atoms with E-state index in [4.69, 9.17) is 4.74 Å². The first-order valence-electron chi connectivity index (χ1n) is 8.38. The molecule has 0 aliphatic carbocycles. The Bertz CT molecular complexity index is 925. The van der Waals surface area contributed by atoms with Crippen LogP contribution in [0.1, 0.15) is 26.3 Å². The van der Waals surface area contributed by atoms with Gasteiger partial charge in [-0.15, -0.1) is 0 Å². The maximum absolute atomic E-state index is 12.3. The van der Waals surface area contributed by atoms with Crippen molar-refractivity contribution < 1.29 is 14.3 Å². The van der Waals surface area contributed by atoms with Gasteiger partial charge in [0, 0.05) is 41.8 Å². The number of carbonyl (C=O) groups is 2. The number of nitrogens with one attached hydrogen (secondary N) is 2. The van der Waals surface area contributed by atoms with Gasteiger partial charge in [-0.2, -0.15) is 0 Å². The normalized spacial score (nSPS) is 10.1. The molecule has 0 bridgehead atoms. The van der Waals surface area contributed by atoms with Crippen LogP contribution in [0.15, 0.2) is 73.1 Å². The lowest BCUT2D eigenvalue weighted by Gasteiger charge is -2.08. The smallest absolute Gasteiger partial charge is 0.255 e. The zero-order chi connectivity index (χ0) is 19.1. The van der Waals surface area contributed by atoms with Crippen molar-refractivity contribution >= 4 is 17.5 Å². The van der Waals surface area contributed by atoms with Crippen molar-refractivity contribution in [1.29, 1.82) is 0 Å². The fourth-order valence-electron chi connectivity index (χ4n) is 2.46. The van der Waals surface area contributed by atoms with Gasteiger partial charge in [-0.1, -0.05) is 6.07 Å². The lowest BCUT2D eigenvalue weighted by Crippen LogP contribution is -2.23. The average molecular weight is 361 g/mol. The minimum Gasteiger partial charge on any atom is -0.497 e. The molecule has 1 heterocycles. The molecule has 6 heteroatoms. The van der Waals surface area contributed by atoms with E-state index in [0.29, 0.717) is 29.1 Å². The number of hydrogen-bond acceptors (Lipinski definition) is 4. The summed E-state index contributed by atoms with van der Waals surface area (Å²) in [6, 6.07) is 17.3. The largest absolute Gasteiger partial charge is 0.497 e. The number of benzene rings is 2. The van der Waals surface area contributed by atoms with Crippen molar-refractivity contribution in [2.75, 3.05) is 12.4 Å². The summed E-state index contributed by atoms with van der Waals surface area (Å²) in [5, 5.41) is 5.64. The summed E-state index contributed by atoms with van der Waals surface area (Å²) in [5.74, 6) is 0.201. The second kappa shape index (κ2) is 8.62. The van der Waals surface area contributed by atoms with E-state index in [1.807, 2.05) is 12.1 Å². The molecule has 0 atom stereocenters. The summed E-state index contributed by atoms with van der Waals surface area (Å²) in [6.07, 6.45) is 3.36. The van der Waals surface area contributed by atoms with Crippen molar-refractivity contribution in [1.82, 2.24) is 10.3 Å². The highest BCUT2D eigenvalue weighted by atomic mass is 16.5. The highest BCUT2D eigenvalue weighted by Gasteiger charge is 2.09. The third kappa shape index (κ3) is 4.92. The van der Waals surface area contributed by atoms with Crippen molar-refractivity contribution in [3.63, 3.8) is 0 Å². The van der Waals surface area contributed by atoms with Crippen LogP contribution in [0.2, 0.25) is 0 Å². The van der Waals surface area contributed by atoms with Crippen LogP contribution >= 0.6 is 0 Å². The van der Waals surface area contributed by atoms with Crippen LogP contribution in [0.4, 0.5) is 5.69 Å². The number of ether oxygens (including phenoxy) is 1. The molecule has 0 saturated heterocycles. The van der Waals surface area contributed by atoms with Crippen LogP contribution in [-0.4, -0.2) is 23.9 Å². The maximum Gasteiger partial charge on any atom is 0.255 e. The molecule has 136 valence electrons. The van der Waals surface area contributed by atoms with E-state index >= 15 is 0 Å². The number of nitrogens with zero attached hydrogens (tertiary/aromatic N) is 1. The van der Waals surface area contributed by atoms with E-state index in [-0.39, 0.29) is 11.8 Å². The molecule has 2 amide bonds. The summed E-state index contributed by atoms with van der Waals surface area (Å²) in [7, 11) is 1.57. The zero-order valence-corrected chi connectivity index (χ0v) is 14.8. The Labute approximate surface area is 157 Å². The van der Waals surface area contributed by atoms with E-state index in [1.165, 1.54) is 0 Å². The molecule has 0 aliphatic rings. The first-order chi connectivity index (χ1) is 13.2. The van der Waals surface area contributed by atoms with Gasteiger partial charge < -0.3 is 15.4 Å². The van der Waals surface area contributed by atoms with Crippen molar-refractivity contribution in [3.05, 3.63) is 89.7 Å². The molecule has 0 spiro atoms. The SMILES string of the molecule is COc1cccc(NC(=O)c2ccc(C(=O)NCc3ccncc3)cc2)c1. The molecule has 27 heavy (non-hydrogen) atoms. The zero-order valence-electron chi connectivity index (χ0n) is 14.8. The second-order valence-electron chi connectivity index (χ2n) is 5.80. The van der Waals surface area contributed by atoms with E-state index in [2.05, 4.69) is 15.6 Å². The summed E-state index contributed by atoms with van der Waals surface area (Å²) >= 11 is 0. The topological polar surface area (TPSA) is 80.3 Å². The molecule has 0 saturated carbocycles. The van der Waals surface area contributed by atoms with Crippen molar-refractivity contribution in [3.8, 4) is 5.75 Å². The van der Waals surface area contributed by atoms with Gasteiger partial charge in [-0.25, -0.2) is 0 Å². The molecule has 3 aromatic rings. The van der Waals surface area contributed by atoms with Crippen LogP contribution < -0.4 is 15.4 Å². The Morgan fingerprint density at radius 3 is 2.26 bits per heavy atom. The molecular formula is C21H19N3O3. The summed E-state index contributed by atoms with van der Waals surface area (Å²) in [5.41, 5.74) is 2.55. The molecule has 0 aliphatic heterocycles. The summed E-state index contributed by atoms with van der Waals surface area (Å²) < 4.78 is 5.14. The van der Waals surface area contributed by atoms with Crippen LogP contribution in [-0.2, 0) is 6.54 Å². The first kappa shape index (κ1) is 18.1. The van der Waals surface area contributed by atoms with Gasteiger partial charge in [0.25, 0.3) is 11.8 Å². The second-order valence-corrected chi connectivity index (χ2v) is 5.80. The predicted molar refractivity (Wildman–Crippen MR) is 103 cm³/mol. The van der Waals surface area contributed by atoms with Crippen LogP contribution in [0.25, 0.3) is 0 Å². The lowest BCUT2D eigenvalue weighted by atomic mass is 10.1. The highest BCUT2D eigenvalue weighted by molar-refractivity contribution is 6.05. The van der Waals surface area contributed by atoms with Gasteiger partial charge in [0.2, 0.25) is 0 Å². The quantitative estimate of drug-likeness (QED) is 0.706. The molecular weight excluding hydrogens is 342 g/mol. The van der Waals surface area contributed by atoms with Gasteiger partial charge in [0.05, 0.1) is 7.11 Å². The Balaban J connectivity index is 1.60. The number of methoxy groups -OCH3 is 1. The third-order valence-corrected chi connectivity index (χ3v) is 3.94. The van der Waals surface area contributed by atoms with Gasteiger partial charge in [0.1, 0.15) is 5.75 Å². The third-order valence-electron chi connectivity index (χ3n) is 3.94. The number of rotatable bonds is 6. The molecule has 2 aromatic carbocycles. The molecule has 0 fully saturated rings. The van der Waals surface area contributed by atoms with Crippen LogP contribution in [0.3, 0.4) is 0 Å². The van der Waals surface area contributed by atoms with E-state index < -0.39 is 0 Å². The Hall–Kier alpha value is -3.67. The number of amides is 2. The summed E-state index contributed by atoms with van der Waals surface area (Å²) in [6.45, 7) is 0.416. The number of aromatic nitrogens is 1. The van der Waals surface area contributed by atoms with E-state index in [1.54, 1.807) is 68.0 Å². The Morgan fingerprint density at radius 2 is 1.59 bits per heavy atom. The number of carbonyl (C=O) groups excluding carboxylic acids is 2. The van der Waals surface area contributed by atoms with Crippen molar-refractivity contribution in [2.24, 2.45) is 0 Å². The first-order valence-corrected chi connectivity index (χ1v) is 8.38. The van der Waals surface area contributed by atoms with Gasteiger partial charge >= 0.3 is 0 Å². The van der Waals surface area contributed by atoms with Gasteiger partial charge in [0.15, 0.2) is 0 Å². The van der Waals surface area contributed by atoms with Crippen LogP contribution in [0, 0.1) is 0 Å². The van der Waals surface area contributed by atoms with E-state index in [0.717, 1.165) is 5.56 Å². The van der Waals surface area contributed by atoms with Gasteiger partial charge in [-0.3, -0.25) is 14.6 Å². The minimum absolute atomic E-state index is 0.202. The summed E-state index contributed by atoms with van der Waals surface area (Å²) in [4.78, 5) is 28.5. The predicted octanol–water partition coefficient (Wildman–Crippen LogP) is 3.27. The number of hydrogen-bond donors (Lipinski definition) is 2. The monoisotopic (exact) mass is 361 g/mol. The molecule has 0 unspecified atom stereocenters. The Morgan fingerprint density at radius 1 is 0.926 bits per heavy atom. The Kier molecular flexibility index (Phi) is 5.79. The molecule has 6 nitrogen and oxygen atoms in total. The number of anilines is 1. The number of pyridine rings is 1. The lowest BCUT2D eigenvalue weighted by molar-refractivity contribution is 0.0949. The fraction of sp³-hybridized carbons (Fsp3) is 0.0952. The minimum atomic E-state index is -0.257. The van der Waals surface area contributed by atoms with Crippen LogP contribution in [0.5, 0.6) is 5.75 Å². The highest BCUT2D eigenvalue weighted by Crippen LogP contribution is 2.17. The molecule has 0 radical (unpaired) electrons. The van der Waals surface area contributed by atoms with E-state index in [9.17, 15) is 9.59 Å². The fourth-order valence-corrected chi connectivity index (χ4v) is 2.46. The standard InChI is InChI=1S/C21H19N3O3/c1-27-19-4-2-3-18(13-19)24-21(26)17-7-5-16(6-8-17)20(25)23-14-15-9-11-22-12-10-15/h2-13H,14H2,1H3,(H,23,25)(H,24,26). The molecule has 3 rings (SSSR count). The molecule has 1 aromatic heterocycles. The van der Waals surface area contributed by atoms with Gasteiger partial charge in [-0.05, 0) is 54.1 Å². The average Bonchev–Trinajstić information content (AvgIpc) is 2.73. The maximum atomic E-state index is 12.3. The molecule has 2 N–H and O–H groups in total. The van der Waals surface area contributed by atoms with Crippen molar-refractivity contribution in [2.45, 2.75) is 6.54 Å².